The number of alkyl halides is 1. The van der Waals surface area contributed by atoms with E-state index in [2.05, 4.69) is 17.2 Å². The molecule has 4 aliphatic rings. The van der Waals surface area contributed by atoms with Crippen molar-refractivity contribution in [3.63, 3.8) is 0 Å². The van der Waals surface area contributed by atoms with Crippen LogP contribution in [0.15, 0.2) is 30.5 Å². The summed E-state index contributed by atoms with van der Waals surface area (Å²) < 4.78 is 26.6. The van der Waals surface area contributed by atoms with Crippen LogP contribution in [0.25, 0.3) is 11.1 Å². The third kappa shape index (κ3) is 4.17. The number of nitrogens with zero attached hydrogens (tertiary/aromatic N) is 3. The number of halogens is 1. The fraction of sp³-hybridized carbons (Fsp3) is 0.560. The molecule has 9 heteroatoms. The van der Waals surface area contributed by atoms with Gasteiger partial charge in [0.15, 0.2) is 0 Å². The van der Waals surface area contributed by atoms with Gasteiger partial charge in [-0.3, -0.25) is 9.48 Å². The quantitative estimate of drug-likeness (QED) is 0.688. The number of amides is 1. The molecule has 1 saturated carbocycles. The fourth-order valence-corrected chi connectivity index (χ4v) is 5.62. The monoisotopic (exact) mass is 471 g/mol. The fourth-order valence-electron chi connectivity index (χ4n) is 5.62. The lowest BCUT2D eigenvalue weighted by Crippen LogP contribution is -2.54. The second kappa shape index (κ2) is 8.69. The number of rotatable bonds is 6. The Balaban J connectivity index is 1.28. The first-order valence-corrected chi connectivity index (χ1v) is 11.8. The van der Waals surface area contributed by atoms with Gasteiger partial charge in [0.2, 0.25) is 0 Å². The minimum Gasteiger partial charge on any atom is -0.481 e. The number of carbonyl (C=O) groups is 2. The smallest absolute Gasteiger partial charge is 0.410 e. The molecule has 1 aliphatic carbocycles. The first-order chi connectivity index (χ1) is 16.3. The van der Waals surface area contributed by atoms with Crippen molar-refractivity contribution in [1.29, 1.82) is 0 Å². The SMILES string of the molecule is Cn1ncc(-c2ccc(C34CCC(CC(=O)O)(CC3)OC4)cc2)c1COC(=O)N1CCC(F)C1. The standard InChI is InChI=1S/C25H30FN3O5/c1-28-21(15-33-23(32)29-11-6-19(26)14-29)20(13-27-28)17-2-4-18(5-3-17)24-7-9-25(10-8-24,34-16-24)12-22(30)31/h2-5,13,19H,6-12,14-16H2,1H3,(H,30,31). The highest BCUT2D eigenvalue weighted by atomic mass is 19.1. The summed E-state index contributed by atoms with van der Waals surface area (Å²) in [6, 6.07) is 8.33. The molecule has 6 rings (SSSR count). The minimum absolute atomic E-state index is 0.0588. The van der Waals surface area contributed by atoms with Crippen LogP contribution in [0.2, 0.25) is 0 Å². The van der Waals surface area contributed by atoms with E-state index in [1.54, 1.807) is 17.9 Å². The van der Waals surface area contributed by atoms with Gasteiger partial charge < -0.3 is 19.5 Å². The Morgan fingerprint density at radius 1 is 1.24 bits per heavy atom. The highest BCUT2D eigenvalue weighted by Crippen LogP contribution is 2.51. The lowest BCUT2D eigenvalue weighted by Gasteiger charge is -2.53. The van der Waals surface area contributed by atoms with Crippen molar-refractivity contribution in [2.75, 3.05) is 19.7 Å². The van der Waals surface area contributed by atoms with E-state index in [9.17, 15) is 19.1 Å². The maximum atomic E-state index is 13.4. The number of hydrogen-bond donors (Lipinski definition) is 1. The molecule has 3 saturated heterocycles. The van der Waals surface area contributed by atoms with Crippen LogP contribution in [-0.4, -0.2) is 63.3 Å². The molecule has 0 spiro atoms. The zero-order chi connectivity index (χ0) is 23.9. The highest BCUT2D eigenvalue weighted by molar-refractivity contribution is 5.70. The van der Waals surface area contributed by atoms with Gasteiger partial charge in [0.05, 0.1) is 37.1 Å². The van der Waals surface area contributed by atoms with Crippen molar-refractivity contribution in [3.05, 3.63) is 41.7 Å². The van der Waals surface area contributed by atoms with E-state index in [1.807, 2.05) is 12.1 Å². The van der Waals surface area contributed by atoms with Crippen LogP contribution in [0.3, 0.4) is 0 Å². The van der Waals surface area contributed by atoms with Gasteiger partial charge in [0.25, 0.3) is 0 Å². The average molecular weight is 472 g/mol. The molecule has 4 fully saturated rings. The normalized spacial score (nSPS) is 28.3. The van der Waals surface area contributed by atoms with Gasteiger partial charge in [-0.15, -0.1) is 0 Å². The lowest BCUT2D eigenvalue weighted by atomic mass is 9.62. The number of ether oxygens (including phenoxy) is 2. The molecule has 1 aromatic carbocycles. The number of hydrogen-bond acceptors (Lipinski definition) is 5. The maximum absolute atomic E-state index is 13.4. The molecule has 3 aliphatic heterocycles. The number of carboxylic acid groups (broad SMARTS) is 1. The predicted octanol–water partition coefficient (Wildman–Crippen LogP) is 3.82. The lowest BCUT2D eigenvalue weighted by molar-refractivity contribution is -0.174. The molecule has 34 heavy (non-hydrogen) atoms. The number of aryl methyl sites for hydroxylation is 1. The molecule has 1 amide bonds. The molecule has 4 heterocycles. The number of fused-ring (bicyclic) bond motifs is 3. The van der Waals surface area contributed by atoms with Gasteiger partial charge in [-0.1, -0.05) is 24.3 Å². The Bertz CT molecular complexity index is 1060. The molecule has 0 radical (unpaired) electrons. The van der Waals surface area contributed by atoms with Crippen LogP contribution in [0.5, 0.6) is 0 Å². The van der Waals surface area contributed by atoms with Crippen LogP contribution in [0.4, 0.5) is 9.18 Å². The van der Waals surface area contributed by atoms with E-state index in [1.165, 1.54) is 10.5 Å². The predicted molar refractivity (Wildman–Crippen MR) is 121 cm³/mol. The summed E-state index contributed by atoms with van der Waals surface area (Å²) in [5.74, 6) is -0.802. The van der Waals surface area contributed by atoms with Gasteiger partial charge in [-0.05, 0) is 43.2 Å². The molecule has 182 valence electrons. The molecular weight excluding hydrogens is 441 g/mol. The number of aromatic nitrogens is 2. The van der Waals surface area contributed by atoms with Crippen molar-refractivity contribution in [1.82, 2.24) is 14.7 Å². The van der Waals surface area contributed by atoms with Crippen molar-refractivity contribution in [3.8, 4) is 11.1 Å². The molecular formula is C25H30FN3O5. The molecule has 1 atom stereocenters. The van der Waals surface area contributed by atoms with Crippen molar-refractivity contribution < 1.29 is 28.6 Å². The van der Waals surface area contributed by atoms with E-state index in [0.717, 1.165) is 42.5 Å². The van der Waals surface area contributed by atoms with Crippen LogP contribution >= 0.6 is 0 Å². The zero-order valence-corrected chi connectivity index (χ0v) is 19.3. The highest BCUT2D eigenvalue weighted by Gasteiger charge is 2.51. The van der Waals surface area contributed by atoms with Gasteiger partial charge in [0, 0.05) is 24.6 Å². The van der Waals surface area contributed by atoms with E-state index < -0.39 is 23.8 Å². The van der Waals surface area contributed by atoms with Gasteiger partial charge >= 0.3 is 12.1 Å². The molecule has 1 N–H and O–H groups in total. The number of aliphatic carboxylic acids is 1. The third-order valence-corrected chi connectivity index (χ3v) is 7.84. The summed E-state index contributed by atoms with van der Waals surface area (Å²) in [4.78, 5) is 24.9. The van der Waals surface area contributed by atoms with Crippen molar-refractivity contribution >= 4 is 12.1 Å². The molecule has 8 nitrogen and oxygen atoms in total. The summed E-state index contributed by atoms with van der Waals surface area (Å²) in [7, 11) is 1.80. The molecule has 1 unspecified atom stereocenters. The zero-order valence-electron chi connectivity index (χ0n) is 19.3. The van der Waals surface area contributed by atoms with Gasteiger partial charge in [-0.2, -0.15) is 5.10 Å². The summed E-state index contributed by atoms with van der Waals surface area (Å²) in [5.41, 5.74) is 3.25. The molecule has 2 aromatic rings. The van der Waals surface area contributed by atoms with Crippen LogP contribution in [-0.2, 0) is 33.3 Å². The third-order valence-electron chi connectivity index (χ3n) is 7.84. The Morgan fingerprint density at radius 2 is 1.97 bits per heavy atom. The number of carboxylic acids is 1. The Labute approximate surface area is 197 Å². The largest absolute Gasteiger partial charge is 0.481 e. The second-order valence-corrected chi connectivity index (χ2v) is 9.91. The number of carbonyl (C=O) groups excluding carboxylic acids is 1. The number of benzene rings is 1. The van der Waals surface area contributed by atoms with E-state index in [4.69, 9.17) is 9.47 Å². The van der Waals surface area contributed by atoms with E-state index in [0.29, 0.717) is 19.6 Å². The maximum Gasteiger partial charge on any atom is 0.410 e. The summed E-state index contributed by atoms with van der Waals surface area (Å²) >= 11 is 0. The first kappa shape index (κ1) is 22.8. The molecule has 2 bridgehead atoms. The van der Waals surface area contributed by atoms with Crippen LogP contribution in [0.1, 0.15) is 49.8 Å². The van der Waals surface area contributed by atoms with Crippen LogP contribution in [0, 0.1) is 0 Å². The molecule has 1 aromatic heterocycles. The average Bonchev–Trinajstić information content (AvgIpc) is 3.43. The van der Waals surface area contributed by atoms with E-state index in [-0.39, 0.29) is 25.0 Å². The van der Waals surface area contributed by atoms with Crippen molar-refractivity contribution in [2.24, 2.45) is 7.05 Å². The number of likely N-dealkylation sites (tertiary alicyclic amines) is 1. The first-order valence-electron chi connectivity index (χ1n) is 11.8. The summed E-state index contributed by atoms with van der Waals surface area (Å²) in [6.07, 6.45) is 4.06. The topological polar surface area (TPSA) is 93.9 Å². The summed E-state index contributed by atoms with van der Waals surface area (Å²) in [6.45, 7) is 1.07. The summed E-state index contributed by atoms with van der Waals surface area (Å²) in [5, 5.41) is 13.6. The van der Waals surface area contributed by atoms with Gasteiger partial charge in [-0.25, -0.2) is 9.18 Å². The van der Waals surface area contributed by atoms with Crippen LogP contribution < -0.4 is 0 Å². The Morgan fingerprint density at radius 3 is 2.56 bits per heavy atom. The van der Waals surface area contributed by atoms with Crippen molar-refractivity contribution in [2.45, 2.75) is 62.3 Å². The Hall–Kier alpha value is -2.94. The minimum atomic E-state index is -0.981. The van der Waals surface area contributed by atoms with E-state index >= 15 is 0 Å². The van der Waals surface area contributed by atoms with Gasteiger partial charge in [0.1, 0.15) is 12.8 Å². The Kier molecular flexibility index (Phi) is 5.83. The second-order valence-electron chi connectivity index (χ2n) is 9.91.